The first-order chi connectivity index (χ1) is 11.8. The molecule has 2 aromatic rings. The number of allylic oxidation sites excluding steroid dienone is 1. The molecule has 1 amide bonds. The van der Waals surface area contributed by atoms with E-state index in [-0.39, 0.29) is 11.8 Å². The molecule has 4 heteroatoms. The van der Waals surface area contributed by atoms with Gasteiger partial charge in [0.2, 0.25) is 5.91 Å². The minimum Gasteiger partial charge on any atom is -0.356 e. The van der Waals surface area contributed by atoms with Crippen molar-refractivity contribution < 1.29 is 4.79 Å². The summed E-state index contributed by atoms with van der Waals surface area (Å²) in [7, 11) is 0. The van der Waals surface area contributed by atoms with Gasteiger partial charge in [-0.15, -0.1) is 0 Å². The third-order valence-corrected chi connectivity index (χ3v) is 5.38. The van der Waals surface area contributed by atoms with Crippen molar-refractivity contribution in [3.8, 4) is 0 Å². The molecule has 0 aliphatic heterocycles. The molecule has 1 N–H and O–H groups in total. The van der Waals surface area contributed by atoms with Crippen LogP contribution in [-0.2, 0) is 17.6 Å². The maximum Gasteiger partial charge on any atom is 0.223 e. The molecule has 24 heavy (non-hydrogen) atoms. The largest absolute Gasteiger partial charge is 0.356 e. The Labute approximate surface area is 143 Å². The zero-order valence-corrected chi connectivity index (χ0v) is 14.1. The molecular weight excluding hydrogens is 298 g/mol. The number of carbonyl (C=O) groups is 1. The van der Waals surface area contributed by atoms with Crippen molar-refractivity contribution in [3.63, 3.8) is 0 Å². The van der Waals surface area contributed by atoms with Crippen LogP contribution in [0.25, 0.3) is 5.65 Å². The van der Waals surface area contributed by atoms with Crippen LogP contribution in [0.1, 0.15) is 49.9 Å². The number of hydrogen-bond acceptors (Lipinski definition) is 2. The molecule has 0 saturated heterocycles. The van der Waals surface area contributed by atoms with E-state index in [2.05, 4.69) is 22.0 Å². The normalized spacial score (nSPS) is 20.5. The van der Waals surface area contributed by atoms with Gasteiger partial charge in [-0.05, 0) is 57.1 Å². The minimum atomic E-state index is 0.0814. The number of hydrogen-bond donors (Lipinski definition) is 1. The number of aromatic nitrogens is 2. The number of nitrogens with zero attached hydrogens (tertiary/aromatic N) is 2. The van der Waals surface area contributed by atoms with Crippen molar-refractivity contribution in [2.45, 2.75) is 51.4 Å². The summed E-state index contributed by atoms with van der Waals surface area (Å²) in [5.41, 5.74) is 4.90. The third-order valence-electron chi connectivity index (χ3n) is 5.38. The maximum atomic E-state index is 12.5. The molecule has 2 aliphatic rings. The first-order valence-electron chi connectivity index (χ1n) is 9.22. The Kier molecular flexibility index (Phi) is 4.37. The Morgan fingerprint density at radius 2 is 2.25 bits per heavy atom. The molecule has 2 heterocycles. The zero-order chi connectivity index (χ0) is 16.4. The van der Waals surface area contributed by atoms with Gasteiger partial charge in [0.15, 0.2) is 0 Å². The highest BCUT2D eigenvalue weighted by molar-refractivity contribution is 5.79. The van der Waals surface area contributed by atoms with Gasteiger partial charge < -0.3 is 9.72 Å². The van der Waals surface area contributed by atoms with Gasteiger partial charge in [0.1, 0.15) is 5.65 Å². The molecule has 0 spiro atoms. The van der Waals surface area contributed by atoms with Crippen LogP contribution in [0.15, 0.2) is 36.0 Å². The highest BCUT2D eigenvalue weighted by Gasteiger charge is 2.27. The number of aryl methyl sites for hydroxylation is 1. The Bertz CT molecular complexity index is 774. The summed E-state index contributed by atoms with van der Waals surface area (Å²) >= 11 is 0. The molecular formula is C20H25N3O. The van der Waals surface area contributed by atoms with E-state index in [1.807, 2.05) is 18.2 Å². The number of amides is 1. The van der Waals surface area contributed by atoms with Crippen molar-refractivity contribution in [2.24, 2.45) is 5.92 Å². The van der Waals surface area contributed by atoms with Crippen molar-refractivity contribution in [2.75, 3.05) is 6.54 Å². The fourth-order valence-corrected chi connectivity index (χ4v) is 4.00. The average molecular weight is 323 g/mol. The zero-order valence-electron chi connectivity index (χ0n) is 14.1. The van der Waals surface area contributed by atoms with E-state index < -0.39 is 0 Å². The first kappa shape index (κ1) is 15.4. The smallest absolute Gasteiger partial charge is 0.223 e. The lowest BCUT2D eigenvalue weighted by molar-refractivity contribution is -0.125. The number of pyridine rings is 1. The van der Waals surface area contributed by atoms with E-state index >= 15 is 0 Å². The molecule has 2 aromatic heterocycles. The Morgan fingerprint density at radius 1 is 1.29 bits per heavy atom. The van der Waals surface area contributed by atoms with Gasteiger partial charge in [-0.2, -0.15) is 0 Å². The van der Waals surface area contributed by atoms with Crippen molar-refractivity contribution in [3.05, 3.63) is 47.4 Å². The van der Waals surface area contributed by atoms with Gasteiger partial charge in [-0.1, -0.05) is 17.7 Å². The molecule has 0 fully saturated rings. The lowest BCUT2D eigenvalue weighted by atomic mass is 9.89. The van der Waals surface area contributed by atoms with Gasteiger partial charge in [0, 0.05) is 30.8 Å². The molecule has 4 rings (SSSR count). The van der Waals surface area contributed by atoms with E-state index in [1.165, 1.54) is 37.0 Å². The predicted octanol–water partition coefficient (Wildman–Crippen LogP) is 3.45. The molecule has 4 nitrogen and oxygen atoms in total. The van der Waals surface area contributed by atoms with E-state index in [0.717, 1.165) is 43.6 Å². The van der Waals surface area contributed by atoms with Crippen LogP contribution in [0.5, 0.6) is 0 Å². The molecule has 1 atom stereocenters. The molecule has 0 aromatic carbocycles. The van der Waals surface area contributed by atoms with E-state index in [1.54, 1.807) is 0 Å². The number of fused-ring (bicyclic) bond motifs is 3. The third kappa shape index (κ3) is 3.10. The lowest BCUT2D eigenvalue weighted by Gasteiger charge is -2.21. The van der Waals surface area contributed by atoms with Crippen molar-refractivity contribution >= 4 is 11.6 Å². The fourth-order valence-electron chi connectivity index (χ4n) is 4.00. The first-order valence-corrected chi connectivity index (χ1v) is 9.22. The van der Waals surface area contributed by atoms with Gasteiger partial charge in [-0.25, -0.2) is 4.98 Å². The van der Waals surface area contributed by atoms with Crippen LogP contribution in [-0.4, -0.2) is 21.8 Å². The summed E-state index contributed by atoms with van der Waals surface area (Å²) < 4.78 is 2.14. The van der Waals surface area contributed by atoms with E-state index in [0.29, 0.717) is 0 Å². The summed E-state index contributed by atoms with van der Waals surface area (Å²) in [4.78, 5) is 17.2. The number of rotatable bonds is 4. The standard InChI is InChI=1S/C20H25N3O/c24-20(21-12-11-15-6-2-1-3-7-15)16-9-10-17-18(14-16)23-13-5-4-8-19(23)22-17/h4-6,8,13,16H,1-3,7,9-12,14H2,(H,21,24). The summed E-state index contributed by atoms with van der Waals surface area (Å²) in [6, 6.07) is 6.07. The highest BCUT2D eigenvalue weighted by Crippen LogP contribution is 2.26. The quantitative estimate of drug-likeness (QED) is 0.876. The number of imidazole rings is 1. The van der Waals surface area contributed by atoms with Crippen LogP contribution in [0.2, 0.25) is 0 Å². The molecule has 0 bridgehead atoms. The van der Waals surface area contributed by atoms with Crippen LogP contribution in [0, 0.1) is 5.92 Å². The van der Waals surface area contributed by atoms with Gasteiger partial charge in [0.25, 0.3) is 0 Å². The lowest BCUT2D eigenvalue weighted by Crippen LogP contribution is -2.35. The van der Waals surface area contributed by atoms with Gasteiger partial charge in [0.05, 0.1) is 5.69 Å². The van der Waals surface area contributed by atoms with E-state index in [4.69, 9.17) is 4.98 Å². The summed E-state index contributed by atoms with van der Waals surface area (Å²) in [6.07, 6.45) is 13.1. The SMILES string of the molecule is O=C(NCCC1=CCCCC1)C1CCc2nc3ccccn3c2C1. The molecule has 126 valence electrons. The highest BCUT2D eigenvalue weighted by atomic mass is 16.1. The number of nitrogens with one attached hydrogen (secondary N) is 1. The van der Waals surface area contributed by atoms with Crippen molar-refractivity contribution in [1.29, 1.82) is 0 Å². The molecule has 1 unspecified atom stereocenters. The average Bonchev–Trinajstić information content (AvgIpc) is 3.00. The Morgan fingerprint density at radius 3 is 3.12 bits per heavy atom. The topological polar surface area (TPSA) is 46.4 Å². The van der Waals surface area contributed by atoms with Crippen LogP contribution >= 0.6 is 0 Å². The molecule has 0 saturated carbocycles. The van der Waals surface area contributed by atoms with Crippen LogP contribution in [0.3, 0.4) is 0 Å². The predicted molar refractivity (Wildman–Crippen MR) is 94.9 cm³/mol. The maximum absolute atomic E-state index is 12.5. The van der Waals surface area contributed by atoms with Crippen molar-refractivity contribution in [1.82, 2.24) is 14.7 Å². The Hall–Kier alpha value is -2.10. The van der Waals surface area contributed by atoms with Gasteiger partial charge in [-0.3, -0.25) is 4.79 Å². The molecule has 0 radical (unpaired) electrons. The second-order valence-corrected chi connectivity index (χ2v) is 7.02. The Balaban J connectivity index is 1.37. The summed E-state index contributed by atoms with van der Waals surface area (Å²) in [6.45, 7) is 0.779. The minimum absolute atomic E-state index is 0.0814. The molecule has 2 aliphatic carbocycles. The summed E-state index contributed by atoms with van der Waals surface area (Å²) in [5, 5.41) is 3.16. The van der Waals surface area contributed by atoms with E-state index in [9.17, 15) is 4.79 Å². The number of carbonyl (C=O) groups excluding carboxylic acids is 1. The second-order valence-electron chi connectivity index (χ2n) is 7.02. The second kappa shape index (κ2) is 6.80. The van der Waals surface area contributed by atoms with Gasteiger partial charge >= 0.3 is 0 Å². The summed E-state index contributed by atoms with van der Waals surface area (Å²) in [5.74, 6) is 0.292. The monoisotopic (exact) mass is 323 g/mol. The van der Waals surface area contributed by atoms with Crippen LogP contribution in [0.4, 0.5) is 0 Å². The van der Waals surface area contributed by atoms with Crippen LogP contribution < -0.4 is 5.32 Å². The fraction of sp³-hybridized carbons (Fsp3) is 0.500.